The normalized spacial score (nSPS) is 11.4. The first-order valence-corrected chi connectivity index (χ1v) is 8.52. The third-order valence-electron chi connectivity index (χ3n) is 3.83. The lowest BCUT2D eigenvalue weighted by molar-refractivity contribution is 0.0510. The highest BCUT2D eigenvalue weighted by atomic mass is 19.1. The molecule has 0 atom stereocenters. The van der Waals surface area contributed by atoms with Crippen LogP contribution in [0.25, 0.3) is 22.4 Å². The summed E-state index contributed by atoms with van der Waals surface area (Å²) in [6.45, 7) is 5.41. The van der Waals surface area contributed by atoms with Gasteiger partial charge in [0.15, 0.2) is 0 Å². The summed E-state index contributed by atoms with van der Waals surface area (Å²) in [6, 6.07) is 9.54. The third kappa shape index (κ3) is 4.03. The molecular formula is C20H21FN4O2. The van der Waals surface area contributed by atoms with Crippen LogP contribution in [0.4, 0.5) is 9.18 Å². The van der Waals surface area contributed by atoms with E-state index in [2.05, 4.69) is 10.1 Å². The average Bonchev–Trinajstić information content (AvgIpc) is 3.01. The van der Waals surface area contributed by atoms with Gasteiger partial charge in [-0.05, 0) is 62.7 Å². The molecule has 27 heavy (non-hydrogen) atoms. The quantitative estimate of drug-likeness (QED) is 0.756. The summed E-state index contributed by atoms with van der Waals surface area (Å²) >= 11 is 0. The van der Waals surface area contributed by atoms with Crippen molar-refractivity contribution < 1.29 is 13.9 Å². The molecule has 0 aliphatic heterocycles. The largest absolute Gasteiger partial charge is 0.442 e. The SMILES string of the molecule is CC(C)(C)OC(=O)n1nc(-c2ccc(F)cc2)c(-c2ccncc2)c1CN. The first-order chi connectivity index (χ1) is 12.8. The molecule has 0 unspecified atom stereocenters. The van der Waals surface area contributed by atoms with Gasteiger partial charge in [-0.25, -0.2) is 9.18 Å². The predicted octanol–water partition coefficient (Wildman–Crippen LogP) is 3.99. The smallest absolute Gasteiger partial charge is 0.435 e. The van der Waals surface area contributed by atoms with Gasteiger partial charge in [0.2, 0.25) is 0 Å². The number of carbonyl (C=O) groups excluding carboxylic acids is 1. The van der Waals surface area contributed by atoms with Crippen molar-refractivity contribution in [1.29, 1.82) is 0 Å². The van der Waals surface area contributed by atoms with Gasteiger partial charge >= 0.3 is 6.09 Å². The Hall–Kier alpha value is -3.06. The molecule has 3 aromatic rings. The van der Waals surface area contributed by atoms with Crippen molar-refractivity contribution in [3.63, 3.8) is 0 Å². The summed E-state index contributed by atoms with van der Waals surface area (Å²) in [5, 5.41) is 4.46. The van der Waals surface area contributed by atoms with Gasteiger partial charge in [-0.1, -0.05) is 0 Å². The molecule has 0 spiro atoms. The lowest BCUT2D eigenvalue weighted by Gasteiger charge is -2.19. The first-order valence-electron chi connectivity index (χ1n) is 8.52. The van der Waals surface area contributed by atoms with Crippen LogP contribution in [-0.2, 0) is 11.3 Å². The molecule has 0 amide bonds. The zero-order valence-electron chi connectivity index (χ0n) is 15.4. The van der Waals surface area contributed by atoms with Crippen molar-refractivity contribution in [3.8, 4) is 22.4 Å². The standard InChI is InChI=1S/C20H21FN4O2/c1-20(2,3)27-19(26)25-16(12-22)17(13-8-10-23-11-9-13)18(24-25)14-4-6-15(21)7-5-14/h4-11H,12,22H2,1-3H3. The van der Waals surface area contributed by atoms with Crippen molar-refractivity contribution in [2.24, 2.45) is 5.73 Å². The fraction of sp³-hybridized carbons (Fsp3) is 0.250. The number of pyridine rings is 1. The Bertz CT molecular complexity index is 945. The molecule has 0 aliphatic rings. The number of benzene rings is 1. The van der Waals surface area contributed by atoms with Crippen LogP contribution >= 0.6 is 0 Å². The van der Waals surface area contributed by atoms with E-state index in [-0.39, 0.29) is 12.4 Å². The van der Waals surface area contributed by atoms with E-state index in [4.69, 9.17) is 10.5 Å². The summed E-state index contributed by atoms with van der Waals surface area (Å²) in [5.41, 5.74) is 8.48. The Balaban J connectivity index is 2.22. The van der Waals surface area contributed by atoms with Crippen molar-refractivity contribution in [3.05, 3.63) is 60.3 Å². The van der Waals surface area contributed by atoms with Crippen molar-refractivity contribution >= 4 is 6.09 Å². The molecule has 0 bridgehead atoms. The van der Waals surface area contributed by atoms with Crippen molar-refractivity contribution in [2.75, 3.05) is 0 Å². The summed E-state index contributed by atoms with van der Waals surface area (Å²) in [6.07, 6.45) is 2.68. The summed E-state index contributed by atoms with van der Waals surface area (Å²) in [4.78, 5) is 16.7. The number of nitrogens with two attached hydrogens (primary N) is 1. The minimum atomic E-state index is -0.679. The van der Waals surface area contributed by atoms with Crippen molar-refractivity contribution in [1.82, 2.24) is 14.8 Å². The van der Waals surface area contributed by atoms with E-state index < -0.39 is 11.7 Å². The highest BCUT2D eigenvalue weighted by Crippen LogP contribution is 2.34. The number of carbonyl (C=O) groups is 1. The lowest BCUT2D eigenvalue weighted by atomic mass is 9.99. The van der Waals surface area contributed by atoms with Crippen LogP contribution in [0.2, 0.25) is 0 Å². The fourth-order valence-corrected chi connectivity index (χ4v) is 2.73. The molecule has 6 nitrogen and oxygen atoms in total. The van der Waals surface area contributed by atoms with E-state index in [9.17, 15) is 9.18 Å². The first kappa shape index (κ1) is 18.7. The molecule has 0 saturated heterocycles. The van der Waals surface area contributed by atoms with Gasteiger partial charge in [0.25, 0.3) is 0 Å². The second-order valence-corrected chi connectivity index (χ2v) is 7.01. The van der Waals surface area contributed by atoms with E-state index in [1.54, 1.807) is 45.3 Å². The number of nitrogens with zero attached hydrogens (tertiary/aromatic N) is 3. The summed E-state index contributed by atoms with van der Waals surface area (Å²) < 4.78 is 20.0. The average molecular weight is 368 g/mol. The molecule has 1 aromatic carbocycles. The predicted molar refractivity (Wildman–Crippen MR) is 100 cm³/mol. The number of rotatable bonds is 3. The molecular weight excluding hydrogens is 347 g/mol. The maximum atomic E-state index is 13.4. The second-order valence-electron chi connectivity index (χ2n) is 7.01. The minimum absolute atomic E-state index is 0.0745. The van der Waals surface area contributed by atoms with Gasteiger partial charge in [-0.15, -0.1) is 0 Å². The van der Waals surface area contributed by atoms with E-state index >= 15 is 0 Å². The Kier molecular flexibility index (Phi) is 5.05. The van der Waals surface area contributed by atoms with E-state index in [0.29, 0.717) is 22.5 Å². The lowest BCUT2D eigenvalue weighted by Crippen LogP contribution is -2.29. The number of halogens is 1. The van der Waals surface area contributed by atoms with E-state index in [0.717, 1.165) is 5.56 Å². The molecule has 2 N–H and O–H groups in total. The van der Waals surface area contributed by atoms with Crippen LogP contribution in [0.1, 0.15) is 26.5 Å². The number of hydrogen-bond donors (Lipinski definition) is 1. The summed E-state index contributed by atoms with van der Waals surface area (Å²) in [7, 11) is 0. The highest BCUT2D eigenvalue weighted by Gasteiger charge is 2.26. The maximum Gasteiger partial charge on any atom is 0.435 e. The molecule has 2 aromatic heterocycles. The van der Waals surface area contributed by atoms with Gasteiger partial charge < -0.3 is 10.5 Å². The van der Waals surface area contributed by atoms with Crippen LogP contribution in [0.5, 0.6) is 0 Å². The summed E-state index contributed by atoms with van der Waals surface area (Å²) in [5.74, 6) is -0.352. The molecule has 2 heterocycles. The second kappa shape index (κ2) is 7.28. The zero-order valence-corrected chi connectivity index (χ0v) is 15.4. The van der Waals surface area contributed by atoms with Gasteiger partial charge in [-0.2, -0.15) is 9.78 Å². The Morgan fingerprint density at radius 2 is 1.74 bits per heavy atom. The van der Waals surface area contributed by atoms with Crippen LogP contribution in [-0.4, -0.2) is 26.5 Å². The van der Waals surface area contributed by atoms with E-state index in [1.165, 1.54) is 16.8 Å². The number of hydrogen-bond acceptors (Lipinski definition) is 5. The Labute approximate surface area is 156 Å². The monoisotopic (exact) mass is 368 g/mol. The zero-order chi connectivity index (χ0) is 19.6. The maximum absolute atomic E-state index is 13.4. The van der Waals surface area contributed by atoms with Crippen molar-refractivity contribution in [2.45, 2.75) is 32.9 Å². The molecule has 0 saturated carbocycles. The minimum Gasteiger partial charge on any atom is -0.442 e. The van der Waals surface area contributed by atoms with Crippen LogP contribution in [0.3, 0.4) is 0 Å². The molecule has 0 fully saturated rings. The van der Waals surface area contributed by atoms with Crippen LogP contribution < -0.4 is 5.73 Å². The molecule has 140 valence electrons. The Morgan fingerprint density at radius 3 is 2.30 bits per heavy atom. The van der Waals surface area contributed by atoms with Gasteiger partial charge in [0, 0.05) is 30.1 Å². The third-order valence-corrected chi connectivity index (χ3v) is 3.83. The Morgan fingerprint density at radius 1 is 1.11 bits per heavy atom. The number of ether oxygens (including phenoxy) is 1. The topological polar surface area (TPSA) is 83.0 Å². The van der Waals surface area contributed by atoms with Crippen LogP contribution in [0, 0.1) is 5.82 Å². The molecule has 3 rings (SSSR count). The molecule has 0 aliphatic carbocycles. The molecule has 7 heteroatoms. The molecule has 0 radical (unpaired) electrons. The van der Waals surface area contributed by atoms with Gasteiger partial charge in [0.05, 0.1) is 5.69 Å². The van der Waals surface area contributed by atoms with Gasteiger partial charge in [-0.3, -0.25) is 4.98 Å². The highest BCUT2D eigenvalue weighted by molar-refractivity contribution is 5.86. The van der Waals surface area contributed by atoms with E-state index in [1.807, 2.05) is 12.1 Å². The van der Waals surface area contributed by atoms with Crippen LogP contribution in [0.15, 0.2) is 48.8 Å². The number of aromatic nitrogens is 3. The van der Waals surface area contributed by atoms with Gasteiger partial charge in [0.1, 0.15) is 17.1 Å². The fourth-order valence-electron chi connectivity index (χ4n) is 2.73.